The number of imide groups is 1. The summed E-state index contributed by atoms with van der Waals surface area (Å²) >= 11 is 1.36. The van der Waals surface area contributed by atoms with Gasteiger partial charge in [-0.2, -0.15) is 0 Å². The maximum Gasteiger partial charge on any atom is 0.251 e. The van der Waals surface area contributed by atoms with Crippen molar-refractivity contribution in [3.05, 3.63) is 16.0 Å². The topological polar surface area (TPSA) is 110 Å². The van der Waals surface area contributed by atoms with Gasteiger partial charge in [0.25, 0.3) is 5.91 Å². The van der Waals surface area contributed by atoms with Gasteiger partial charge < -0.3 is 11.1 Å². The Hall–Kier alpha value is -2.22. The average molecular weight is 349 g/mol. The fourth-order valence-corrected chi connectivity index (χ4v) is 4.64. The molecule has 1 atom stereocenters. The highest BCUT2D eigenvalue weighted by Gasteiger charge is 2.32. The molecule has 4 amide bonds. The number of thiophene rings is 1. The van der Waals surface area contributed by atoms with Crippen LogP contribution in [0.25, 0.3) is 0 Å². The first-order valence-electron chi connectivity index (χ1n) is 7.94. The van der Waals surface area contributed by atoms with Gasteiger partial charge in [0.2, 0.25) is 17.7 Å². The third-order valence-corrected chi connectivity index (χ3v) is 5.64. The Bertz CT molecular complexity index is 724. The fraction of sp³-hybridized carbons (Fsp3) is 0.500. The van der Waals surface area contributed by atoms with Crippen LogP contribution in [0, 0.1) is 5.92 Å². The van der Waals surface area contributed by atoms with E-state index >= 15 is 0 Å². The summed E-state index contributed by atoms with van der Waals surface area (Å²) in [5.41, 5.74) is 6.79. The Kier molecular flexibility index (Phi) is 4.40. The number of hydrogen-bond acceptors (Lipinski definition) is 5. The van der Waals surface area contributed by atoms with E-state index in [1.165, 1.54) is 11.3 Å². The fourth-order valence-electron chi connectivity index (χ4n) is 3.21. The van der Waals surface area contributed by atoms with Gasteiger partial charge in [-0.05, 0) is 30.7 Å². The van der Waals surface area contributed by atoms with Crippen LogP contribution in [0.15, 0.2) is 0 Å². The molecule has 0 radical (unpaired) electrons. The van der Waals surface area contributed by atoms with Crippen LogP contribution < -0.4 is 11.1 Å². The summed E-state index contributed by atoms with van der Waals surface area (Å²) < 4.78 is 0. The number of hydrogen-bond donors (Lipinski definition) is 2. The van der Waals surface area contributed by atoms with Crippen molar-refractivity contribution < 1.29 is 19.2 Å². The molecule has 1 aliphatic heterocycles. The van der Waals surface area contributed by atoms with E-state index < -0.39 is 11.8 Å². The summed E-state index contributed by atoms with van der Waals surface area (Å²) in [7, 11) is 0. The minimum Gasteiger partial charge on any atom is -0.365 e. The molecule has 7 nitrogen and oxygen atoms in total. The Morgan fingerprint density at radius 2 is 1.92 bits per heavy atom. The first kappa shape index (κ1) is 16.6. The number of nitrogens with one attached hydrogen (secondary N) is 1. The van der Waals surface area contributed by atoms with Gasteiger partial charge in [-0.3, -0.25) is 24.1 Å². The predicted molar refractivity (Wildman–Crippen MR) is 88.6 cm³/mol. The number of amides is 4. The quantitative estimate of drug-likeness (QED) is 0.792. The van der Waals surface area contributed by atoms with E-state index in [9.17, 15) is 19.2 Å². The zero-order chi connectivity index (χ0) is 17.4. The predicted octanol–water partition coefficient (Wildman–Crippen LogP) is 1.06. The lowest BCUT2D eigenvalue weighted by atomic mass is 9.88. The highest BCUT2D eigenvalue weighted by Crippen LogP contribution is 2.39. The smallest absolute Gasteiger partial charge is 0.251 e. The van der Waals surface area contributed by atoms with Crippen molar-refractivity contribution >= 4 is 40.0 Å². The van der Waals surface area contributed by atoms with Crippen molar-refractivity contribution in [1.29, 1.82) is 0 Å². The number of primary amides is 1. The van der Waals surface area contributed by atoms with Gasteiger partial charge in [-0.25, -0.2) is 0 Å². The Morgan fingerprint density at radius 1 is 1.25 bits per heavy atom. The summed E-state index contributed by atoms with van der Waals surface area (Å²) in [4.78, 5) is 49.3. The van der Waals surface area contributed by atoms with Gasteiger partial charge in [0.15, 0.2) is 0 Å². The molecule has 1 saturated heterocycles. The SMILES string of the molecule is C[C@H]1CCc2c(sc(NC(=O)CN3C(=O)CCC3=O)c2C(N)=O)C1. The third kappa shape index (κ3) is 3.06. The van der Waals surface area contributed by atoms with Gasteiger partial charge in [-0.15, -0.1) is 11.3 Å². The van der Waals surface area contributed by atoms with Gasteiger partial charge in [0.1, 0.15) is 11.5 Å². The molecule has 8 heteroatoms. The molecule has 1 fully saturated rings. The molecule has 2 heterocycles. The van der Waals surface area contributed by atoms with Gasteiger partial charge in [0.05, 0.1) is 5.56 Å². The number of carbonyl (C=O) groups is 4. The van der Waals surface area contributed by atoms with E-state index in [1.54, 1.807) is 0 Å². The molecule has 0 aromatic carbocycles. The highest BCUT2D eigenvalue weighted by molar-refractivity contribution is 7.17. The first-order valence-corrected chi connectivity index (χ1v) is 8.75. The van der Waals surface area contributed by atoms with Crippen molar-refractivity contribution in [1.82, 2.24) is 4.90 Å². The van der Waals surface area contributed by atoms with Gasteiger partial charge >= 0.3 is 0 Å². The molecule has 3 rings (SSSR count). The molecular formula is C16H19N3O4S. The van der Waals surface area contributed by atoms with E-state index in [0.29, 0.717) is 16.5 Å². The number of carbonyl (C=O) groups excluding carboxylic acids is 4. The van der Waals surface area contributed by atoms with Crippen molar-refractivity contribution in [3.8, 4) is 0 Å². The summed E-state index contributed by atoms with van der Waals surface area (Å²) in [5.74, 6) is -1.21. The summed E-state index contributed by atoms with van der Waals surface area (Å²) in [5, 5.41) is 3.09. The number of nitrogens with zero attached hydrogens (tertiary/aromatic N) is 1. The lowest BCUT2D eigenvalue weighted by Gasteiger charge is -2.18. The molecule has 0 saturated carbocycles. The molecule has 24 heavy (non-hydrogen) atoms. The Labute approximate surface area is 143 Å². The lowest BCUT2D eigenvalue weighted by Crippen LogP contribution is -2.37. The summed E-state index contributed by atoms with van der Waals surface area (Å²) in [6, 6.07) is 0. The number of anilines is 1. The molecule has 128 valence electrons. The highest BCUT2D eigenvalue weighted by atomic mass is 32.1. The molecule has 1 aromatic heterocycles. The van der Waals surface area contributed by atoms with Crippen LogP contribution in [-0.4, -0.2) is 35.1 Å². The molecular weight excluding hydrogens is 330 g/mol. The molecule has 1 aromatic rings. The van der Waals surface area contributed by atoms with E-state index in [2.05, 4.69) is 12.2 Å². The van der Waals surface area contributed by atoms with Crippen LogP contribution in [0.3, 0.4) is 0 Å². The third-order valence-electron chi connectivity index (χ3n) is 4.47. The molecule has 3 N–H and O–H groups in total. The summed E-state index contributed by atoms with van der Waals surface area (Å²) in [6.07, 6.45) is 2.89. The second-order valence-electron chi connectivity index (χ2n) is 6.34. The molecule has 2 aliphatic rings. The van der Waals surface area contributed by atoms with E-state index in [0.717, 1.165) is 34.6 Å². The standard InChI is InChI=1S/C16H19N3O4S/c1-8-2-3-9-10(6-8)24-16(14(9)15(17)23)18-11(20)7-19-12(21)4-5-13(19)22/h8H,2-7H2,1H3,(H2,17,23)(H,18,20)/t8-/m0/s1. The van der Waals surface area contributed by atoms with Crippen LogP contribution in [-0.2, 0) is 27.2 Å². The van der Waals surface area contributed by atoms with E-state index in [1.807, 2.05) is 0 Å². The Morgan fingerprint density at radius 3 is 2.54 bits per heavy atom. The van der Waals surface area contributed by atoms with Gasteiger partial charge in [-0.1, -0.05) is 6.92 Å². The van der Waals surface area contributed by atoms with Crippen molar-refractivity contribution in [2.24, 2.45) is 11.7 Å². The maximum absolute atomic E-state index is 12.2. The van der Waals surface area contributed by atoms with Crippen LogP contribution in [0.1, 0.15) is 47.0 Å². The van der Waals surface area contributed by atoms with Crippen molar-refractivity contribution in [2.45, 2.75) is 39.0 Å². The van der Waals surface area contributed by atoms with Gasteiger partial charge in [0, 0.05) is 17.7 Å². The number of likely N-dealkylation sites (tertiary alicyclic amines) is 1. The van der Waals surface area contributed by atoms with Crippen LogP contribution >= 0.6 is 11.3 Å². The average Bonchev–Trinajstić information content (AvgIpc) is 3.00. The van der Waals surface area contributed by atoms with Crippen molar-refractivity contribution in [2.75, 3.05) is 11.9 Å². The lowest BCUT2D eigenvalue weighted by molar-refractivity contribution is -0.141. The summed E-state index contributed by atoms with van der Waals surface area (Å²) in [6.45, 7) is 1.82. The zero-order valence-corrected chi connectivity index (χ0v) is 14.2. The van der Waals surface area contributed by atoms with Crippen LogP contribution in [0.4, 0.5) is 5.00 Å². The van der Waals surface area contributed by atoms with E-state index in [-0.39, 0.29) is 31.2 Å². The largest absolute Gasteiger partial charge is 0.365 e. The normalized spacial score (nSPS) is 20.2. The molecule has 1 aliphatic carbocycles. The monoisotopic (exact) mass is 349 g/mol. The second kappa shape index (κ2) is 6.35. The Balaban J connectivity index is 1.79. The second-order valence-corrected chi connectivity index (χ2v) is 7.45. The zero-order valence-electron chi connectivity index (χ0n) is 13.4. The first-order chi connectivity index (χ1) is 11.4. The number of rotatable bonds is 4. The number of nitrogens with two attached hydrogens (primary N) is 1. The van der Waals surface area contributed by atoms with Crippen LogP contribution in [0.5, 0.6) is 0 Å². The van der Waals surface area contributed by atoms with Crippen molar-refractivity contribution in [3.63, 3.8) is 0 Å². The molecule has 0 spiro atoms. The minimum absolute atomic E-state index is 0.143. The maximum atomic E-state index is 12.2. The molecule has 0 unspecified atom stereocenters. The minimum atomic E-state index is -0.564. The van der Waals surface area contributed by atoms with E-state index in [4.69, 9.17) is 5.73 Å². The number of fused-ring (bicyclic) bond motifs is 1. The van der Waals surface area contributed by atoms with Crippen LogP contribution in [0.2, 0.25) is 0 Å². The molecule has 0 bridgehead atoms.